The molecule has 0 saturated carbocycles. The van der Waals surface area contributed by atoms with Gasteiger partial charge in [-0.05, 0) is 18.4 Å². The number of hydrogen-bond donors (Lipinski definition) is 1. The molecule has 106 valence electrons. The lowest BCUT2D eigenvalue weighted by Gasteiger charge is -2.37. The number of carbonyl (C=O) groups is 1. The molecule has 0 aromatic heterocycles. The Labute approximate surface area is 111 Å². The maximum absolute atomic E-state index is 14.3. The Hall–Kier alpha value is -1.49. The minimum atomic E-state index is -4.02. The zero-order valence-electron chi connectivity index (χ0n) is 11.2. The lowest BCUT2D eigenvalue weighted by atomic mass is 9.78. The molecule has 0 saturated heterocycles. The first kappa shape index (κ1) is 15.6. The normalized spacial score (nSPS) is 15.1. The lowest BCUT2D eigenvalue weighted by molar-refractivity contribution is -0.229. The fraction of sp³-hybridized carbons (Fsp3) is 0.500. The predicted molar refractivity (Wildman–Crippen MR) is 66.8 cm³/mol. The average molecular weight is 272 g/mol. The number of alkyl halides is 2. The largest absolute Gasteiger partial charge is 0.461 e. The fourth-order valence-corrected chi connectivity index (χ4v) is 1.95. The van der Waals surface area contributed by atoms with Crippen LogP contribution in [0, 0.1) is 5.92 Å². The Kier molecular flexibility index (Phi) is 4.63. The van der Waals surface area contributed by atoms with Crippen molar-refractivity contribution in [2.45, 2.75) is 32.3 Å². The van der Waals surface area contributed by atoms with Crippen LogP contribution in [0.25, 0.3) is 0 Å². The standard InChI is InChI=1S/C14H18F2O3/c1-4-19-12(17)14(15,16)13(18,10(2)3)11-8-6-5-7-9-11/h5-10,18H,4H2,1-3H3. The summed E-state index contributed by atoms with van der Waals surface area (Å²) in [5.41, 5.74) is -2.61. The first-order valence-corrected chi connectivity index (χ1v) is 6.11. The van der Waals surface area contributed by atoms with Crippen LogP contribution in [0.4, 0.5) is 8.78 Å². The van der Waals surface area contributed by atoms with Gasteiger partial charge in [-0.15, -0.1) is 0 Å². The number of ether oxygens (including phenoxy) is 1. The van der Waals surface area contributed by atoms with E-state index in [2.05, 4.69) is 4.74 Å². The van der Waals surface area contributed by atoms with E-state index in [1.165, 1.54) is 45.0 Å². The first-order valence-electron chi connectivity index (χ1n) is 6.11. The van der Waals surface area contributed by atoms with Gasteiger partial charge in [0.1, 0.15) is 0 Å². The maximum atomic E-state index is 14.3. The topological polar surface area (TPSA) is 46.5 Å². The summed E-state index contributed by atoms with van der Waals surface area (Å²) >= 11 is 0. The molecule has 0 spiro atoms. The molecule has 0 amide bonds. The Morgan fingerprint density at radius 2 is 1.84 bits per heavy atom. The van der Waals surface area contributed by atoms with Gasteiger partial charge in [0.15, 0.2) is 5.60 Å². The maximum Gasteiger partial charge on any atom is 0.380 e. The van der Waals surface area contributed by atoms with Crippen molar-refractivity contribution in [2.24, 2.45) is 5.92 Å². The number of benzene rings is 1. The van der Waals surface area contributed by atoms with Gasteiger partial charge in [-0.1, -0.05) is 44.2 Å². The van der Waals surface area contributed by atoms with Crippen LogP contribution < -0.4 is 0 Å². The lowest BCUT2D eigenvalue weighted by Crippen LogP contribution is -2.54. The highest BCUT2D eigenvalue weighted by Crippen LogP contribution is 2.44. The van der Waals surface area contributed by atoms with Gasteiger partial charge < -0.3 is 9.84 Å². The molecule has 0 radical (unpaired) electrons. The highest BCUT2D eigenvalue weighted by molar-refractivity contribution is 5.79. The van der Waals surface area contributed by atoms with Crippen LogP contribution in [-0.4, -0.2) is 23.6 Å². The van der Waals surface area contributed by atoms with Crippen molar-refractivity contribution in [3.8, 4) is 0 Å². The summed E-state index contributed by atoms with van der Waals surface area (Å²) in [5, 5.41) is 10.4. The van der Waals surface area contributed by atoms with Gasteiger partial charge in [-0.25, -0.2) is 4.79 Å². The minimum Gasteiger partial charge on any atom is -0.461 e. The summed E-state index contributed by atoms with van der Waals surface area (Å²) in [5.74, 6) is -6.59. The van der Waals surface area contributed by atoms with Crippen LogP contribution in [-0.2, 0) is 15.1 Å². The molecule has 1 aromatic carbocycles. The number of rotatable bonds is 5. The van der Waals surface area contributed by atoms with Crippen molar-refractivity contribution < 1.29 is 23.4 Å². The molecule has 0 aliphatic carbocycles. The number of aliphatic hydroxyl groups is 1. The molecule has 0 aliphatic heterocycles. The SMILES string of the molecule is CCOC(=O)C(F)(F)C(O)(c1ccccc1)C(C)C. The molecular weight excluding hydrogens is 254 g/mol. The molecule has 1 rings (SSSR count). The van der Waals surface area contributed by atoms with Crippen molar-refractivity contribution >= 4 is 5.97 Å². The van der Waals surface area contributed by atoms with Gasteiger partial charge in [0, 0.05) is 0 Å². The third kappa shape index (κ3) is 2.61. The van der Waals surface area contributed by atoms with Crippen LogP contribution in [0.1, 0.15) is 26.3 Å². The predicted octanol–water partition coefficient (Wildman–Crippen LogP) is 2.73. The Balaban J connectivity index is 3.31. The Morgan fingerprint density at radius 1 is 1.32 bits per heavy atom. The van der Waals surface area contributed by atoms with E-state index in [0.717, 1.165) is 0 Å². The molecule has 0 fully saturated rings. The molecule has 19 heavy (non-hydrogen) atoms. The van der Waals surface area contributed by atoms with Crippen molar-refractivity contribution in [2.75, 3.05) is 6.61 Å². The van der Waals surface area contributed by atoms with Crippen LogP contribution in [0.15, 0.2) is 30.3 Å². The van der Waals surface area contributed by atoms with Crippen molar-refractivity contribution in [1.29, 1.82) is 0 Å². The quantitative estimate of drug-likeness (QED) is 0.838. The van der Waals surface area contributed by atoms with E-state index in [0.29, 0.717) is 0 Å². The molecule has 0 aliphatic rings. The van der Waals surface area contributed by atoms with Gasteiger partial charge in [0.2, 0.25) is 0 Å². The third-order valence-corrected chi connectivity index (χ3v) is 3.06. The van der Waals surface area contributed by atoms with Crippen LogP contribution >= 0.6 is 0 Å². The molecular formula is C14H18F2O3. The van der Waals surface area contributed by atoms with Gasteiger partial charge in [-0.2, -0.15) is 8.78 Å². The summed E-state index contributed by atoms with van der Waals surface area (Å²) in [6.45, 7) is 4.13. The van der Waals surface area contributed by atoms with Crippen molar-refractivity contribution in [1.82, 2.24) is 0 Å². The third-order valence-electron chi connectivity index (χ3n) is 3.06. The summed E-state index contributed by atoms with van der Waals surface area (Å²) in [6, 6.07) is 7.45. The van der Waals surface area contributed by atoms with Crippen LogP contribution in [0.3, 0.4) is 0 Å². The van der Waals surface area contributed by atoms with E-state index < -0.39 is 23.4 Å². The van der Waals surface area contributed by atoms with Gasteiger partial charge in [-0.3, -0.25) is 0 Å². The van der Waals surface area contributed by atoms with Crippen LogP contribution in [0.2, 0.25) is 0 Å². The zero-order valence-corrected chi connectivity index (χ0v) is 11.2. The molecule has 5 heteroatoms. The van der Waals surface area contributed by atoms with E-state index in [-0.39, 0.29) is 12.2 Å². The molecule has 1 N–H and O–H groups in total. The van der Waals surface area contributed by atoms with E-state index in [4.69, 9.17) is 0 Å². The molecule has 1 atom stereocenters. The number of halogens is 2. The first-order chi connectivity index (χ1) is 8.78. The zero-order chi connectivity index (χ0) is 14.7. The number of hydrogen-bond acceptors (Lipinski definition) is 3. The average Bonchev–Trinajstić information content (AvgIpc) is 2.38. The molecule has 3 nitrogen and oxygen atoms in total. The second-order valence-electron chi connectivity index (χ2n) is 4.58. The summed E-state index contributed by atoms with van der Waals surface area (Å²) < 4.78 is 32.9. The summed E-state index contributed by atoms with van der Waals surface area (Å²) in [4.78, 5) is 11.5. The minimum absolute atomic E-state index is 0.0111. The Morgan fingerprint density at radius 3 is 2.26 bits per heavy atom. The van der Waals surface area contributed by atoms with Crippen LogP contribution in [0.5, 0.6) is 0 Å². The van der Waals surface area contributed by atoms with Crippen molar-refractivity contribution in [3.63, 3.8) is 0 Å². The highest BCUT2D eigenvalue weighted by atomic mass is 19.3. The van der Waals surface area contributed by atoms with E-state index in [1.54, 1.807) is 6.07 Å². The van der Waals surface area contributed by atoms with E-state index in [9.17, 15) is 18.7 Å². The number of esters is 1. The summed E-state index contributed by atoms with van der Waals surface area (Å²) in [6.07, 6.45) is 0. The highest BCUT2D eigenvalue weighted by Gasteiger charge is 2.62. The molecule has 0 bridgehead atoms. The monoisotopic (exact) mass is 272 g/mol. The van der Waals surface area contributed by atoms with Gasteiger partial charge in [0.25, 0.3) is 0 Å². The fourth-order valence-electron chi connectivity index (χ4n) is 1.95. The summed E-state index contributed by atoms with van der Waals surface area (Å²) in [7, 11) is 0. The molecule has 1 unspecified atom stereocenters. The second-order valence-corrected chi connectivity index (χ2v) is 4.58. The Bertz CT molecular complexity index is 432. The molecule has 1 aromatic rings. The second kappa shape index (κ2) is 5.65. The van der Waals surface area contributed by atoms with Gasteiger partial charge in [0.05, 0.1) is 6.61 Å². The number of carbonyl (C=O) groups excluding carboxylic acids is 1. The van der Waals surface area contributed by atoms with Crippen molar-refractivity contribution in [3.05, 3.63) is 35.9 Å². The van der Waals surface area contributed by atoms with E-state index in [1.807, 2.05) is 0 Å². The molecule has 0 heterocycles. The smallest absolute Gasteiger partial charge is 0.380 e. The van der Waals surface area contributed by atoms with E-state index >= 15 is 0 Å². The van der Waals surface area contributed by atoms with Gasteiger partial charge >= 0.3 is 11.9 Å².